The lowest BCUT2D eigenvalue weighted by molar-refractivity contribution is -0.141. The van der Waals surface area contributed by atoms with E-state index in [9.17, 15) is 18.0 Å². The zero-order valence-corrected chi connectivity index (χ0v) is 22.1. The second-order valence-corrected chi connectivity index (χ2v) is 10.2. The first-order valence-electron chi connectivity index (χ1n) is 11.9. The molecule has 0 saturated heterocycles. The van der Waals surface area contributed by atoms with Gasteiger partial charge in [-0.2, -0.15) is 0 Å². The molecule has 1 atom stereocenters. The molecule has 192 valence electrons. The number of amides is 2. The number of carbonyl (C=O) groups is 2. The normalized spacial score (nSPS) is 12.0. The lowest BCUT2D eigenvalue weighted by atomic mass is 10.1. The summed E-state index contributed by atoms with van der Waals surface area (Å²) in [6.45, 7) is 6.50. The predicted molar refractivity (Wildman–Crippen MR) is 139 cm³/mol. The molecule has 2 aromatic rings. The topological polar surface area (TPSA) is 96.0 Å². The molecule has 35 heavy (non-hydrogen) atoms. The molecule has 0 aliphatic rings. The van der Waals surface area contributed by atoms with E-state index >= 15 is 0 Å². The van der Waals surface area contributed by atoms with Gasteiger partial charge in [-0.05, 0) is 49.9 Å². The SMILES string of the molecule is CCOc1ccccc1N(CCCC(=O)N(Cc1ccccc1C)C(CC)C(=O)NC)S(C)(=O)=O. The fourth-order valence-electron chi connectivity index (χ4n) is 3.98. The summed E-state index contributed by atoms with van der Waals surface area (Å²) in [5.41, 5.74) is 2.44. The molecule has 0 fully saturated rings. The van der Waals surface area contributed by atoms with E-state index in [0.717, 1.165) is 17.4 Å². The Bertz CT molecular complexity index is 1100. The third-order valence-electron chi connectivity index (χ3n) is 5.82. The number of rotatable bonds is 13. The van der Waals surface area contributed by atoms with Crippen LogP contribution in [0.2, 0.25) is 0 Å². The summed E-state index contributed by atoms with van der Waals surface area (Å²) in [5.74, 6) is 0.0479. The summed E-state index contributed by atoms with van der Waals surface area (Å²) >= 11 is 0. The Morgan fingerprint density at radius 1 is 1.06 bits per heavy atom. The highest BCUT2D eigenvalue weighted by atomic mass is 32.2. The van der Waals surface area contributed by atoms with E-state index in [2.05, 4.69) is 5.32 Å². The molecule has 9 heteroatoms. The number of nitrogens with zero attached hydrogens (tertiary/aromatic N) is 2. The van der Waals surface area contributed by atoms with E-state index < -0.39 is 16.1 Å². The van der Waals surface area contributed by atoms with Crippen LogP contribution in [0.5, 0.6) is 5.75 Å². The zero-order chi connectivity index (χ0) is 26.0. The highest BCUT2D eigenvalue weighted by Crippen LogP contribution is 2.30. The van der Waals surface area contributed by atoms with Crippen molar-refractivity contribution in [3.63, 3.8) is 0 Å². The Balaban J connectivity index is 2.24. The number of carbonyl (C=O) groups excluding carboxylic acids is 2. The summed E-state index contributed by atoms with van der Waals surface area (Å²) < 4.78 is 32.0. The fraction of sp³-hybridized carbons (Fsp3) is 0.462. The summed E-state index contributed by atoms with van der Waals surface area (Å²) in [6, 6.07) is 14.1. The van der Waals surface area contributed by atoms with Gasteiger partial charge in [-0.3, -0.25) is 13.9 Å². The Labute approximate surface area is 209 Å². The smallest absolute Gasteiger partial charge is 0.242 e. The molecule has 1 unspecified atom stereocenters. The summed E-state index contributed by atoms with van der Waals surface area (Å²) in [7, 11) is -2.05. The Kier molecular flexibility index (Phi) is 10.6. The van der Waals surface area contributed by atoms with E-state index in [0.29, 0.717) is 37.4 Å². The quantitative estimate of drug-likeness (QED) is 0.451. The number of nitrogens with one attached hydrogen (secondary N) is 1. The van der Waals surface area contributed by atoms with Gasteiger partial charge in [0.1, 0.15) is 11.8 Å². The molecule has 0 saturated carbocycles. The molecule has 2 rings (SSSR count). The van der Waals surface area contributed by atoms with E-state index in [4.69, 9.17) is 4.74 Å². The zero-order valence-electron chi connectivity index (χ0n) is 21.3. The van der Waals surface area contributed by atoms with Crippen LogP contribution in [0.1, 0.15) is 44.2 Å². The van der Waals surface area contributed by atoms with E-state index in [1.54, 1.807) is 36.2 Å². The van der Waals surface area contributed by atoms with Crippen molar-refractivity contribution in [1.82, 2.24) is 10.2 Å². The van der Waals surface area contributed by atoms with Crippen molar-refractivity contribution in [2.75, 3.05) is 30.8 Å². The third-order valence-corrected chi connectivity index (χ3v) is 7.00. The summed E-state index contributed by atoms with van der Waals surface area (Å²) in [5, 5.41) is 2.65. The minimum atomic E-state index is -3.61. The average molecular weight is 504 g/mol. The molecule has 1 N–H and O–H groups in total. The van der Waals surface area contributed by atoms with E-state index in [-0.39, 0.29) is 24.8 Å². The minimum Gasteiger partial charge on any atom is -0.492 e. The van der Waals surface area contributed by atoms with Gasteiger partial charge in [-0.1, -0.05) is 43.3 Å². The molecule has 2 amide bonds. The van der Waals surface area contributed by atoms with Crippen LogP contribution in [0.15, 0.2) is 48.5 Å². The van der Waals surface area contributed by atoms with Gasteiger partial charge in [0.15, 0.2) is 0 Å². The number of benzene rings is 2. The van der Waals surface area contributed by atoms with Crippen LogP contribution in [-0.4, -0.2) is 57.6 Å². The average Bonchev–Trinajstić information content (AvgIpc) is 2.82. The van der Waals surface area contributed by atoms with Crippen molar-refractivity contribution >= 4 is 27.5 Å². The highest BCUT2D eigenvalue weighted by Gasteiger charge is 2.29. The van der Waals surface area contributed by atoms with Gasteiger partial charge < -0.3 is 15.0 Å². The molecule has 0 heterocycles. The van der Waals surface area contributed by atoms with Crippen LogP contribution >= 0.6 is 0 Å². The monoisotopic (exact) mass is 503 g/mol. The highest BCUT2D eigenvalue weighted by molar-refractivity contribution is 7.92. The van der Waals surface area contributed by atoms with Crippen molar-refractivity contribution in [2.24, 2.45) is 0 Å². The maximum absolute atomic E-state index is 13.4. The van der Waals surface area contributed by atoms with Crippen molar-refractivity contribution in [3.8, 4) is 5.75 Å². The fourth-order valence-corrected chi connectivity index (χ4v) is 4.95. The van der Waals surface area contributed by atoms with Gasteiger partial charge in [-0.15, -0.1) is 0 Å². The summed E-state index contributed by atoms with van der Waals surface area (Å²) in [4.78, 5) is 27.5. The van der Waals surface area contributed by atoms with Crippen molar-refractivity contribution in [2.45, 2.75) is 52.6 Å². The van der Waals surface area contributed by atoms with Gasteiger partial charge >= 0.3 is 0 Å². The predicted octanol–water partition coefficient (Wildman–Crippen LogP) is 3.49. The van der Waals surface area contributed by atoms with Gasteiger partial charge in [0.25, 0.3) is 0 Å². The number of ether oxygens (including phenoxy) is 1. The summed E-state index contributed by atoms with van der Waals surface area (Å²) in [6.07, 6.45) is 2.00. The molecule has 0 aliphatic carbocycles. The maximum atomic E-state index is 13.4. The van der Waals surface area contributed by atoms with Crippen molar-refractivity contribution in [1.29, 1.82) is 0 Å². The third kappa shape index (κ3) is 7.71. The number of hydrogen-bond acceptors (Lipinski definition) is 5. The Hall–Kier alpha value is -3.07. The maximum Gasteiger partial charge on any atom is 0.242 e. The molecule has 2 aromatic carbocycles. The van der Waals surface area contributed by atoms with Crippen molar-refractivity contribution in [3.05, 3.63) is 59.7 Å². The largest absolute Gasteiger partial charge is 0.492 e. The van der Waals surface area contributed by atoms with Crippen molar-refractivity contribution < 1.29 is 22.7 Å². The molecule has 0 radical (unpaired) electrons. The molecule has 0 spiro atoms. The van der Waals surface area contributed by atoms with Crippen LogP contribution in [0, 0.1) is 6.92 Å². The second-order valence-electron chi connectivity index (χ2n) is 8.33. The number of hydrogen-bond donors (Lipinski definition) is 1. The minimum absolute atomic E-state index is 0.0994. The van der Waals surface area contributed by atoms with Crippen LogP contribution in [0.25, 0.3) is 0 Å². The second kappa shape index (κ2) is 13.1. The Morgan fingerprint density at radius 3 is 2.31 bits per heavy atom. The molecule has 8 nitrogen and oxygen atoms in total. The number of para-hydroxylation sites is 2. The molecular weight excluding hydrogens is 466 g/mol. The lowest BCUT2D eigenvalue weighted by Crippen LogP contribution is -2.48. The Morgan fingerprint density at radius 2 is 1.71 bits per heavy atom. The first-order valence-corrected chi connectivity index (χ1v) is 13.7. The first kappa shape index (κ1) is 28.2. The number of aryl methyl sites for hydroxylation is 1. The molecule has 0 bridgehead atoms. The van der Waals surface area contributed by atoms with Crippen LogP contribution in [-0.2, 0) is 26.2 Å². The van der Waals surface area contributed by atoms with Gasteiger partial charge in [0.05, 0.1) is 18.6 Å². The van der Waals surface area contributed by atoms with Gasteiger partial charge in [0.2, 0.25) is 21.8 Å². The number of anilines is 1. The molecular formula is C26H37N3O5S. The van der Waals surface area contributed by atoms with Gasteiger partial charge in [0, 0.05) is 26.6 Å². The van der Waals surface area contributed by atoms with Crippen LogP contribution in [0.3, 0.4) is 0 Å². The number of likely N-dealkylation sites (N-methyl/N-ethyl adjacent to an activating group) is 1. The van der Waals surface area contributed by atoms with E-state index in [1.165, 1.54) is 4.31 Å². The van der Waals surface area contributed by atoms with Crippen LogP contribution < -0.4 is 14.4 Å². The lowest BCUT2D eigenvalue weighted by Gasteiger charge is -2.31. The number of sulfonamides is 1. The van der Waals surface area contributed by atoms with E-state index in [1.807, 2.05) is 45.0 Å². The van der Waals surface area contributed by atoms with Crippen LogP contribution in [0.4, 0.5) is 5.69 Å². The first-order chi connectivity index (χ1) is 16.6. The van der Waals surface area contributed by atoms with Gasteiger partial charge in [-0.25, -0.2) is 8.42 Å². The standard InChI is InChI=1S/C26H37N3O5S/c1-6-22(26(31)27-4)28(19-21-14-9-8-13-20(21)3)25(30)17-12-18-29(35(5,32)33)23-15-10-11-16-24(23)34-7-2/h8-11,13-16,22H,6-7,12,17-19H2,1-5H3,(H,27,31). The molecule has 0 aliphatic heterocycles. The molecule has 0 aromatic heterocycles.